The van der Waals surface area contributed by atoms with Crippen LogP contribution in [0.2, 0.25) is 0 Å². The molecule has 0 rings (SSSR count). The summed E-state index contributed by atoms with van der Waals surface area (Å²) in [6.07, 6.45) is 93.5. The third-order valence-electron chi connectivity index (χ3n) is 17.1. The van der Waals surface area contributed by atoms with Crippen molar-refractivity contribution in [3.05, 3.63) is 48.6 Å². The number of rotatable bonds is 69. The molecule has 0 saturated carbocycles. The smallest absolute Gasteiger partial charge is 0.305 e. The predicted octanol–water partition coefficient (Wildman–Crippen LogP) is 24.0. The number of hydrogen-bond donors (Lipinski definition) is 3. The Morgan fingerprint density at radius 3 is 0.939 bits per heavy atom. The van der Waals surface area contributed by atoms with Gasteiger partial charge in [0.2, 0.25) is 5.91 Å². The number of hydrogen-bond acceptors (Lipinski definition) is 5. The number of carbonyl (C=O) groups excluding carboxylic acids is 2. The second-order valence-electron chi connectivity index (χ2n) is 25.3. The highest BCUT2D eigenvalue weighted by atomic mass is 16.5. The molecule has 0 bridgehead atoms. The Kier molecular flexibility index (Phi) is 69.4. The van der Waals surface area contributed by atoms with E-state index in [0.29, 0.717) is 19.4 Å². The molecular weight excluding hydrogens is 1010 g/mol. The maximum Gasteiger partial charge on any atom is 0.305 e. The zero-order valence-electron chi connectivity index (χ0n) is 55.2. The van der Waals surface area contributed by atoms with E-state index in [2.05, 4.69) is 55.6 Å². The van der Waals surface area contributed by atoms with Crippen molar-refractivity contribution in [2.45, 2.75) is 411 Å². The molecule has 1 amide bonds. The number of ether oxygens (including phenoxy) is 1. The van der Waals surface area contributed by atoms with E-state index in [1.54, 1.807) is 6.08 Å². The Morgan fingerprint density at radius 1 is 0.341 bits per heavy atom. The first-order valence-electron chi connectivity index (χ1n) is 36.9. The Hall–Kier alpha value is -2.18. The molecule has 482 valence electrons. The van der Waals surface area contributed by atoms with Crippen molar-refractivity contribution in [2.24, 2.45) is 0 Å². The second-order valence-corrected chi connectivity index (χ2v) is 25.3. The summed E-state index contributed by atoms with van der Waals surface area (Å²) < 4.78 is 5.50. The summed E-state index contributed by atoms with van der Waals surface area (Å²) in [5, 5.41) is 23.1. The van der Waals surface area contributed by atoms with Gasteiger partial charge in [0.05, 0.1) is 25.4 Å². The van der Waals surface area contributed by atoms with Crippen molar-refractivity contribution >= 4 is 11.9 Å². The van der Waals surface area contributed by atoms with Crippen LogP contribution in [0.4, 0.5) is 0 Å². The van der Waals surface area contributed by atoms with Crippen LogP contribution in [-0.4, -0.2) is 47.4 Å². The fraction of sp³-hybridized carbons (Fsp3) is 0.868. The minimum Gasteiger partial charge on any atom is -0.466 e. The van der Waals surface area contributed by atoms with Crippen LogP contribution >= 0.6 is 0 Å². The van der Waals surface area contributed by atoms with Gasteiger partial charge < -0.3 is 20.3 Å². The van der Waals surface area contributed by atoms with Crippen LogP contribution < -0.4 is 5.32 Å². The lowest BCUT2D eigenvalue weighted by Crippen LogP contribution is -2.45. The van der Waals surface area contributed by atoms with Crippen molar-refractivity contribution in [1.82, 2.24) is 5.32 Å². The highest BCUT2D eigenvalue weighted by Gasteiger charge is 2.18. The molecule has 0 aromatic rings. The first-order chi connectivity index (χ1) is 40.5. The lowest BCUT2D eigenvalue weighted by Gasteiger charge is -2.20. The normalized spacial score (nSPS) is 12.8. The summed E-state index contributed by atoms with van der Waals surface area (Å²) in [7, 11) is 0. The molecule has 0 fully saturated rings. The minimum absolute atomic E-state index is 0.0113. The van der Waals surface area contributed by atoms with Gasteiger partial charge in [-0.2, -0.15) is 0 Å². The molecule has 6 nitrogen and oxygen atoms in total. The van der Waals surface area contributed by atoms with E-state index in [9.17, 15) is 19.8 Å². The minimum atomic E-state index is -0.843. The number of nitrogens with one attached hydrogen (secondary N) is 1. The van der Waals surface area contributed by atoms with Crippen LogP contribution in [-0.2, 0) is 14.3 Å². The number of esters is 1. The molecule has 2 unspecified atom stereocenters. The van der Waals surface area contributed by atoms with Crippen LogP contribution in [0.25, 0.3) is 0 Å². The average Bonchev–Trinajstić information content (AvgIpc) is 3.48. The molecule has 6 heteroatoms. The van der Waals surface area contributed by atoms with E-state index in [0.717, 1.165) is 51.4 Å². The molecule has 3 N–H and O–H groups in total. The maximum atomic E-state index is 12.5. The third kappa shape index (κ3) is 67.0. The molecule has 0 aromatic carbocycles. The Balaban J connectivity index is 3.38. The molecule has 0 heterocycles. The van der Waals surface area contributed by atoms with Gasteiger partial charge in [0.15, 0.2) is 0 Å². The molecule has 0 radical (unpaired) electrons. The number of amides is 1. The maximum absolute atomic E-state index is 12.5. The molecule has 0 spiro atoms. The fourth-order valence-corrected chi connectivity index (χ4v) is 11.4. The Morgan fingerprint density at radius 2 is 0.610 bits per heavy atom. The molecule has 0 aliphatic carbocycles. The number of carbonyl (C=O) groups is 2. The van der Waals surface area contributed by atoms with Gasteiger partial charge in [-0.25, -0.2) is 0 Å². The zero-order chi connectivity index (χ0) is 59.2. The second kappa shape index (κ2) is 71.3. The molecular formula is C76H143NO5. The monoisotopic (exact) mass is 1150 g/mol. The first-order valence-corrected chi connectivity index (χ1v) is 36.9. The van der Waals surface area contributed by atoms with Crippen molar-refractivity contribution in [2.75, 3.05) is 13.2 Å². The fourth-order valence-electron chi connectivity index (χ4n) is 11.4. The van der Waals surface area contributed by atoms with Crippen molar-refractivity contribution in [3.8, 4) is 0 Å². The summed E-state index contributed by atoms with van der Waals surface area (Å²) in [6.45, 7) is 4.92. The van der Waals surface area contributed by atoms with Gasteiger partial charge in [-0.3, -0.25) is 9.59 Å². The van der Waals surface area contributed by atoms with E-state index in [1.165, 1.54) is 321 Å². The van der Waals surface area contributed by atoms with E-state index >= 15 is 0 Å². The summed E-state index contributed by atoms with van der Waals surface area (Å²) in [5.74, 6) is -0.0533. The van der Waals surface area contributed by atoms with Gasteiger partial charge in [-0.1, -0.05) is 345 Å². The lowest BCUT2D eigenvalue weighted by molar-refractivity contribution is -0.143. The van der Waals surface area contributed by atoms with Crippen molar-refractivity contribution in [1.29, 1.82) is 0 Å². The SMILES string of the molecule is CCCCCCCCC/C=C\CCCCCCCCCC(=O)OCCCCCCCCCCC/C=C\C/C=C\CCCCCCCCCCCCCCCCCCCC(=O)NC(CO)C(O)/C=C/CCCCCCCCCCCCCC. The first kappa shape index (κ1) is 79.8. The van der Waals surface area contributed by atoms with Gasteiger partial charge in [0, 0.05) is 12.8 Å². The zero-order valence-corrected chi connectivity index (χ0v) is 55.2. The van der Waals surface area contributed by atoms with Crippen LogP contribution in [0.3, 0.4) is 0 Å². The number of allylic oxidation sites excluding steroid dienone is 7. The quantitative estimate of drug-likeness (QED) is 0.0320. The molecule has 0 aromatic heterocycles. The van der Waals surface area contributed by atoms with Crippen LogP contribution in [0.15, 0.2) is 48.6 Å². The van der Waals surface area contributed by atoms with Gasteiger partial charge in [0.1, 0.15) is 0 Å². The van der Waals surface area contributed by atoms with Crippen LogP contribution in [0.5, 0.6) is 0 Å². The molecule has 2 atom stereocenters. The van der Waals surface area contributed by atoms with Crippen molar-refractivity contribution in [3.63, 3.8) is 0 Å². The Labute approximate surface area is 512 Å². The highest BCUT2D eigenvalue weighted by Crippen LogP contribution is 2.18. The van der Waals surface area contributed by atoms with E-state index in [4.69, 9.17) is 4.74 Å². The van der Waals surface area contributed by atoms with Crippen molar-refractivity contribution < 1.29 is 24.5 Å². The topological polar surface area (TPSA) is 95.9 Å². The molecule has 82 heavy (non-hydrogen) atoms. The largest absolute Gasteiger partial charge is 0.466 e. The summed E-state index contributed by atoms with van der Waals surface area (Å²) in [5.41, 5.74) is 0. The van der Waals surface area contributed by atoms with E-state index in [1.807, 2.05) is 6.08 Å². The van der Waals surface area contributed by atoms with E-state index < -0.39 is 12.1 Å². The Bertz CT molecular complexity index is 1370. The van der Waals surface area contributed by atoms with Crippen LogP contribution in [0.1, 0.15) is 399 Å². The van der Waals surface area contributed by atoms with Gasteiger partial charge in [-0.15, -0.1) is 0 Å². The highest BCUT2D eigenvalue weighted by molar-refractivity contribution is 5.76. The predicted molar refractivity (Wildman–Crippen MR) is 361 cm³/mol. The van der Waals surface area contributed by atoms with E-state index in [-0.39, 0.29) is 18.5 Å². The standard InChI is InChI=1S/C76H143NO5/c1-3-5-7-9-11-13-15-17-19-20-39-42-46-50-54-58-62-66-70-76(81)82-71-67-63-59-55-51-47-43-40-37-35-33-31-29-27-25-23-21-22-24-26-28-30-32-34-36-38-41-45-49-53-57-61-65-69-75(80)77-73(72-78)74(79)68-64-60-56-52-48-44-18-16-14-12-10-8-6-4-2/h19-20,25,27,31,33,64,68,73-74,78-79H,3-18,21-24,26,28-30,32,34-63,65-67,69-72H2,1-2H3,(H,77,80)/b20-19-,27-25-,33-31-,68-64+. The molecule has 0 aliphatic heterocycles. The van der Waals surface area contributed by atoms with Crippen LogP contribution in [0, 0.1) is 0 Å². The van der Waals surface area contributed by atoms with Gasteiger partial charge >= 0.3 is 5.97 Å². The number of unbranched alkanes of at least 4 members (excludes halogenated alkanes) is 52. The number of aliphatic hydroxyl groups is 2. The summed E-state index contributed by atoms with van der Waals surface area (Å²) in [6, 6.07) is -0.627. The number of aliphatic hydroxyl groups excluding tert-OH is 2. The molecule has 0 aliphatic rings. The van der Waals surface area contributed by atoms with Gasteiger partial charge in [-0.05, 0) is 89.9 Å². The summed E-state index contributed by atoms with van der Waals surface area (Å²) >= 11 is 0. The summed E-state index contributed by atoms with van der Waals surface area (Å²) in [4.78, 5) is 24.6. The van der Waals surface area contributed by atoms with Gasteiger partial charge in [0.25, 0.3) is 0 Å². The average molecular weight is 1150 g/mol. The third-order valence-corrected chi connectivity index (χ3v) is 17.1. The lowest BCUT2D eigenvalue weighted by atomic mass is 10.0. The molecule has 0 saturated heterocycles.